The Morgan fingerprint density at radius 2 is 2.06 bits per heavy atom. The van der Waals surface area contributed by atoms with Crippen LogP contribution < -0.4 is 10.6 Å². The fraction of sp³-hybridized carbons (Fsp3) is 0.900. The van der Waals surface area contributed by atoms with Gasteiger partial charge in [0.2, 0.25) is 5.91 Å². The molecule has 17 heavy (non-hydrogen) atoms. The van der Waals surface area contributed by atoms with Crippen molar-refractivity contribution in [2.75, 3.05) is 26.0 Å². The second-order valence-electron chi connectivity index (χ2n) is 3.79. The Balaban J connectivity index is 2.40. The average Bonchev–Trinajstić information content (AvgIpc) is 2.80. The fourth-order valence-corrected chi connectivity index (χ4v) is 3.12. The van der Waals surface area contributed by atoms with Crippen LogP contribution >= 0.6 is 7.60 Å². The minimum Gasteiger partial charge on any atom is -0.343 e. The lowest BCUT2D eigenvalue weighted by molar-refractivity contribution is -0.122. The summed E-state index contributed by atoms with van der Waals surface area (Å²) in [6, 6.07) is -0.174. The molecule has 6 nitrogen and oxygen atoms in total. The molecule has 7 heteroatoms. The van der Waals surface area contributed by atoms with Gasteiger partial charge in [0.1, 0.15) is 6.29 Å². The highest BCUT2D eigenvalue weighted by Gasteiger charge is 2.27. The van der Waals surface area contributed by atoms with E-state index in [-0.39, 0.29) is 18.2 Å². The molecule has 1 aliphatic rings. The summed E-state index contributed by atoms with van der Waals surface area (Å²) < 4.78 is 22.2. The lowest BCUT2D eigenvalue weighted by Gasteiger charge is -2.18. The van der Waals surface area contributed by atoms with Gasteiger partial charge in [-0.2, -0.15) is 0 Å². The zero-order valence-corrected chi connectivity index (χ0v) is 11.3. The number of rotatable bonds is 7. The van der Waals surface area contributed by atoms with Crippen molar-refractivity contribution in [3.05, 3.63) is 0 Å². The summed E-state index contributed by atoms with van der Waals surface area (Å²) in [5.74, 6) is -0.137. The molecule has 1 heterocycles. The quantitative estimate of drug-likeness (QED) is 0.673. The minimum absolute atomic E-state index is 0.0638. The minimum atomic E-state index is -3.17. The smallest absolute Gasteiger partial charge is 0.343 e. The van der Waals surface area contributed by atoms with Crippen molar-refractivity contribution in [2.45, 2.75) is 32.7 Å². The molecule has 1 amide bonds. The normalized spacial score (nSPS) is 20.5. The summed E-state index contributed by atoms with van der Waals surface area (Å²) >= 11 is 0. The van der Waals surface area contributed by atoms with Gasteiger partial charge in [-0.3, -0.25) is 9.36 Å². The molecule has 2 N–H and O–H groups in total. The SMILES string of the molecule is CCOP(=O)(CNC(=O)[C@@H]1CCCN1)OCC. The molecular formula is C10H21N2O4P. The van der Waals surface area contributed by atoms with Gasteiger partial charge in [-0.15, -0.1) is 0 Å². The highest BCUT2D eigenvalue weighted by molar-refractivity contribution is 7.53. The van der Waals surface area contributed by atoms with Crippen molar-refractivity contribution < 1.29 is 18.4 Å². The van der Waals surface area contributed by atoms with Crippen LogP contribution in [-0.2, 0) is 18.4 Å². The maximum absolute atomic E-state index is 12.1. The van der Waals surface area contributed by atoms with Gasteiger partial charge in [0.25, 0.3) is 0 Å². The van der Waals surface area contributed by atoms with E-state index in [0.29, 0.717) is 13.2 Å². The monoisotopic (exact) mass is 264 g/mol. The molecule has 0 bridgehead atoms. The third kappa shape index (κ3) is 4.76. The molecule has 0 aromatic heterocycles. The third-order valence-corrected chi connectivity index (χ3v) is 4.32. The maximum Gasteiger partial charge on any atom is 0.349 e. The second-order valence-corrected chi connectivity index (χ2v) is 5.85. The lowest BCUT2D eigenvalue weighted by atomic mass is 10.2. The van der Waals surface area contributed by atoms with Gasteiger partial charge in [-0.25, -0.2) is 0 Å². The molecule has 1 aliphatic heterocycles. The first kappa shape index (κ1) is 14.6. The molecule has 1 atom stereocenters. The Morgan fingerprint density at radius 1 is 1.41 bits per heavy atom. The van der Waals surface area contributed by atoms with Crippen molar-refractivity contribution in [3.63, 3.8) is 0 Å². The summed E-state index contributed by atoms with van der Waals surface area (Å²) in [6.45, 7) is 4.94. The van der Waals surface area contributed by atoms with Crippen molar-refractivity contribution in [1.82, 2.24) is 10.6 Å². The Kier molecular flexibility index (Phi) is 6.12. The van der Waals surface area contributed by atoms with Crippen LogP contribution in [0.15, 0.2) is 0 Å². The molecule has 1 saturated heterocycles. The average molecular weight is 264 g/mol. The van der Waals surface area contributed by atoms with Crippen LogP contribution in [0.3, 0.4) is 0 Å². The van der Waals surface area contributed by atoms with E-state index in [9.17, 15) is 9.36 Å². The summed E-state index contributed by atoms with van der Waals surface area (Å²) in [4.78, 5) is 11.7. The molecule has 0 aromatic carbocycles. The molecule has 100 valence electrons. The highest BCUT2D eigenvalue weighted by Crippen LogP contribution is 2.46. The Hall–Kier alpha value is -0.420. The van der Waals surface area contributed by atoms with E-state index in [1.165, 1.54) is 0 Å². The predicted octanol–water partition coefficient (Wildman–Crippen LogP) is 1.08. The first-order chi connectivity index (χ1) is 8.11. The van der Waals surface area contributed by atoms with Gasteiger partial charge < -0.3 is 19.7 Å². The Labute approximate surface area is 102 Å². The number of hydrogen-bond donors (Lipinski definition) is 2. The Bertz CT molecular complexity index is 282. The number of carbonyl (C=O) groups excluding carboxylic acids is 1. The van der Waals surface area contributed by atoms with Crippen LogP contribution in [0.5, 0.6) is 0 Å². The van der Waals surface area contributed by atoms with Gasteiger partial charge in [0.15, 0.2) is 0 Å². The standard InChI is InChI=1S/C10H21N2O4P/c1-3-15-17(14,16-4-2)8-12-10(13)9-6-5-7-11-9/h9,11H,3-8H2,1-2H3,(H,12,13)/t9-/m0/s1. The molecule has 0 spiro atoms. The first-order valence-electron chi connectivity index (χ1n) is 6.00. The largest absolute Gasteiger partial charge is 0.349 e. The molecular weight excluding hydrogens is 243 g/mol. The summed E-state index contributed by atoms with van der Waals surface area (Å²) in [5, 5.41) is 5.69. The van der Waals surface area contributed by atoms with E-state index in [1.807, 2.05) is 0 Å². The molecule has 0 aliphatic carbocycles. The number of hydrogen-bond acceptors (Lipinski definition) is 5. The highest BCUT2D eigenvalue weighted by atomic mass is 31.2. The summed E-state index contributed by atoms with van der Waals surface area (Å²) in [6.07, 6.45) is 1.75. The van der Waals surface area contributed by atoms with Crippen LogP contribution in [-0.4, -0.2) is 38.0 Å². The molecule has 1 fully saturated rings. The van der Waals surface area contributed by atoms with E-state index >= 15 is 0 Å². The zero-order valence-electron chi connectivity index (χ0n) is 10.4. The van der Waals surface area contributed by atoms with Crippen molar-refractivity contribution in [2.24, 2.45) is 0 Å². The van der Waals surface area contributed by atoms with Crippen molar-refractivity contribution in [1.29, 1.82) is 0 Å². The predicted molar refractivity (Wildman–Crippen MR) is 64.9 cm³/mol. The van der Waals surface area contributed by atoms with Crippen molar-refractivity contribution in [3.8, 4) is 0 Å². The topological polar surface area (TPSA) is 76.7 Å². The fourth-order valence-electron chi connectivity index (χ4n) is 1.73. The van der Waals surface area contributed by atoms with Crippen LogP contribution in [0.4, 0.5) is 0 Å². The number of nitrogens with one attached hydrogen (secondary N) is 2. The zero-order chi connectivity index (χ0) is 12.7. The van der Waals surface area contributed by atoms with E-state index < -0.39 is 7.60 Å². The molecule has 1 rings (SSSR count). The summed E-state index contributed by atoms with van der Waals surface area (Å²) in [7, 11) is -3.17. The van der Waals surface area contributed by atoms with E-state index in [1.54, 1.807) is 13.8 Å². The van der Waals surface area contributed by atoms with Gasteiger partial charge >= 0.3 is 7.60 Å². The van der Waals surface area contributed by atoms with E-state index in [2.05, 4.69) is 10.6 Å². The number of amides is 1. The Morgan fingerprint density at radius 3 is 2.53 bits per heavy atom. The van der Waals surface area contributed by atoms with E-state index in [4.69, 9.17) is 9.05 Å². The molecule has 0 unspecified atom stereocenters. The lowest BCUT2D eigenvalue weighted by Crippen LogP contribution is -2.40. The van der Waals surface area contributed by atoms with Gasteiger partial charge in [0.05, 0.1) is 19.3 Å². The third-order valence-electron chi connectivity index (χ3n) is 2.48. The van der Waals surface area contributed by atoms with Crippen LogP contribution in [0.2, 0.25) is 0 Å². The van der Waals surface area contributed by atoms with Crippen LogP contribution in [0.1, 0.15) is 26.7 Å². The number of carbonyl (C=O) groups is 1. The molecule has 0 aromatic rings. The second kappa shape index (κ2) is 7.11. The first-order valence-corrected chi connectivity index (χ1v) is 7.73. The van der Waals surface area contributed by atoms with E-state index in [0.717, 1.165) is 19.4 Å². The molecule has 0 saturated carbocycles. The van der Waals surface area contributed by atoms with Crippen LogP contribution in [0.25, 0.3) is 0 Å². The maximum atomic E-state index is 12.1. The molecule has 0 radical (unpaired) electrons. The van der Waals surface area contributed by atoms with Crippen LogP contribution in [0, 0.1) is 0 Å². The van der Waals surface area contributed by atoms with Crippen molar-refractivity contribution >= 4 is 13.5 Å². The van der Waals surface area contributed by atoms with Gasteiger partial charge in [0, 0.05) is 0 Å². The summed E-state index contributed by atoms with van der Waals surface area (Å²) in [5.41, 5.74) is 0. The van der Waals surface area contributed by atoms with Gasteiger partial charge in [-0.05, 0) is 33.2 Å². The van der Waals surface area contributed by atoms with Gasteiger partial charge in [-0.1, -0.05) is 0 Å².